The van der Waals surface area contributed by atoms with Gasteiger partial charge < -0.3 is 5.73 Å². The summed E-state index contributed by atoms with van der Waals surface area (Å²) in [4.78, 5) is 0. The SMILES string of the molecule is [CH]=CC(N)c1ccccc1. The lowest BCUT2D eigenvalue weighted by Crippen LogP contribution is -2.05. The molecule has 1 unspecified atom stereocenters. The Balaban J connectivity index is 2.84. The number of hydrogen-bond donors (Lipinski definition) is 1. The van der Waals surface area contributed by atoms with Crippen LogP contribution in [0.2, 0.25) is 0 Å². The second-order valence-electron chi connectivity index (χ2n) is 2.13. The Morgan fingerprint density at radius 1 is 1.30 bits per heavy atom. The van der Waals surface area contributed by atoms with Crippen LogP contribution in [0.25, 0.3) is 0 Å². The molecule has 0 saturated heterocycles. The Morgan fingerprint density at radius 3 is 2.40 bits per heavy atom. The van der Waals surface area contributed by atoms with Crippen LogP contribution in [0.3, 0.4) is 0 Å². The minimum Gasteiger partial charge on any atom is -0.321 e. The van der Waals surface area contributed by atoms with E-state index in [2.05, 4.69) is 0 Å². The molecule has 0 aliphatic carbocycles. The highest BCUT2D eigenvalue weighted by molar-refractivity contribution is 5.21. The van der Waals surface area contributed by atoms with E-state index in [1.165, 1.54) is 6.08 Å². The van der Waals surface area contributed by atoms with Gasteiger partial charge in [0.05, 0.1) is 0 Å². The third-order valence-corrected chi connectivity index (χ3v) is 1.39. The molecule has 1 nitrogen and oxygen atoms in total. The summed E-state index contributed by atoms with van der Waals surface area (Å²) >= 11 is 0. The zero-order valence-electron chi connectivity index (χ0n) is 5.70. The summed E-state index contributed by atoms with van der Waals surface area (Å²) in [7, 11) is 0. The van der Waals surface area contributed by atoms with Crippen molar-refractivity contribution in [2.24, 2.45) is 5.73 Å². The van der Waals surface area contributed by atoms with E-state index in [0.29, 0.717) is 0 Å². The van der Waals surface area contributed by atoms with Crippen LogP contribution < -0.4 is 5.73 Å². The molecule has 1 aromatic rings. The normalized spacial score (nSPS) is 12.5. The van der Waals surface area contributed by atoms with Crippen LogP contribution in [-0.4, -0.2) is 0 Å². The quantitative estimate of drug-likeness (QED) is 0.651. The van der Waals surface area contributed by atoms with Crippen molar-refractivity contribution in [3.8, 4) is 0 Å². The topological polar surface area (TPSA) is 26.0 Å². The van der Waals surface area contributed by atoms with E-state index in [1.807, 2.05) is 30.3 Å². The van der Waals surface area contributed by atoms with Crippen molar-refractivity contribution in [2.45, 2.75) is 6.04 Å². The first kappa shape index (κ1) is 7.03. The highest BCUT2D eigenvalue weighted by Crippen LogP contribution is 2.08. The van der Waals surface area contributed by atoms with Gasteiger partial charge in [-0.15, -0.1) is 0 Å². The monoisotopic (exact) mass is 132 g/mol. The first-order chi connectivity index (χ1) is 4.84. The molecule has 10 heavy (non-hydrogen) atoms. The van der Waals surface area contributed by atoms with Gasteiger partial charge in [-0.1, -0.05) is 43.0 Å². The average molecular weight is 132 g/mol. The molecule has 0 spiro atoms. The van der Waals surface area contributed by atoms with Gasteiger partial charge in [0.15, 0.2) is 0 Å². The van der Waals surface area contributed by atoms with Crippen molar-refractivity contribution in [3.05, 3.63) is 48.6 Å². The van der Waals surface area contributed by atoms with E-state index in [4.69, 9.17) is 12.3 Å². The second kappa shape index (κ2) is 3.18. The van der Waals surface area contributed by atoms with Gasteiger partial charge in [-0.2, -0.15) is 0 Å². The van der Waals surface area contributed by atoms with Crippen molar-refractivity contribution >= 4 is 0 Å². The molecular formula is C9H10N. The van der Waals surface area contributed by atoms with Gasteiger partial charge in [-0.3, -0.25) is 0 Å². The van der Waals surface area contributed by atoms with E-state index in [0.717, 1.165) is 5.56 Å². The van der Waals surface area contributed by atoms with E-state index < -0.39 is 0 Å². The third-order valence-electron chi connectivity index (χ3n) is 1.39. The second-order valence-corrected chi connectivity index (χ2v) is 2.13. The molecule has 1 atom stereocenters. The molecule has 51 valence electrons. The fourth-order valence-corrected chi connectivity index (χ4v) is 0.786. The molecule has 1 radical (unpaired) electrons. The van der Waals surface area contributed by atoms with Crippen LogP contribution in [0.1, 0.15) is 11.6 Å². The average Bonchev–Trinajstić information content (AvgIpc) is 2.05. The smallest absolute Gasteiger partial charge is 0.0484 e. The van der Waals surface area contributed by atoms with Crippen LogP contribution in [0, 0.1) is 6.58 Å². The van der Waals surface area contributed by atoms with Gasteiger partial charge >= 0.3 is 0 Å². The van der Waals surface area contributed by atoms with Gasteiger partial charge in [0.1, 0.15) is 0 Å². The molecule has 0 fully saturated rings. The van der Waals surface area contributed by atoms with Gasteiger partial charge in [0.2, 0.25) is 0 Å². The molecule has 2 N–H and O–H groups in total. The molecule has 1 aromatic carbocycles. The number of benzene rings is 1. The van der Waals surface area contributed by atoms with E-state index in [1.54, 1.807) is 0 Å². The number of nitrogens with two attached hydrogens (primary N) is 1. The Morgan fingerprint density at radius 2 is 1.90 bits per heavy atom. The largest absolute Gasteiger partial charge is 0.321 e. The van der Waals surface area contributed by atoms with Crippen LogP contribution in [0.5, 0.6) is 0 Å². The maximum absolute atomic E-state index is 5.61. The van der Waals surface area contributed by atoms with Crippen molar-refractivity contribution in [1.29, 1.82) is 0 Å². The first-order valence-corrected chi connectivity index (χ1v) is 3.20. The standard InChI is InChI=1S/C9H10N/c1-2-9(10)8-6-4-3-5-7-8/h1-7,9H,10H2. The predicted molar refractivity (Wildman–Crippen MR) is 42.2 cm³/mol. The lowest BCUT2D eigenvalue weighted by Gasteiger charge is -2.03. The third kappa shape index (κ3) is 1.45. The van der Waals surface area contributed by atoms with Crippen molar-refractivity contribution < 1.29 is 0 Å². The Kier molecular flexibility index (Phi) is 2.24. The molecule has 0 aromatic heterocycles. The van der Waals surface area contributed by atoms with E-state index >= 15 is 0 Å². The summed E-state index contributed by atoms with van der Waals surface area (Å²) in [6, 6.07) is 9.60. The summed E-state index contributed by atoms with van der Waals surface area (Å²) in [6.45, 7) is 5.25. The highest BCUT2D eigenvalue weighted by Gasteiger charge is 1.96. The zero-order valence-corrected chi connectivity index (χ0v) is 5.70. The highest BCUT2D eigenvalue weighted by atomic mass is 14.6. The van der Waals surface area contributed by atoms with Crippen LogP contribution >= 0.6 is 0 Å². The van der Waals surface area contributed by atoms with Crippen LogP contribution in [0.4, 0.5) is 0 Å². The molecule has 0 amide bonds. The summed E-state index contributed by atoms with van der Waals surface area (Å²) < 4.78 is 0. The van der Waals surface area contributed by atoms with Gasteiger partial charge in [0, 0.05) is 6.04 Å². The van der Waals surface area contributed by atoms with Crippen molar-refractivity contribution in [2.75, 3.05) is 0 Å². The summed E-state index contributed by atoms with van der Waals surface area (Å²) in [5.41, 5.74) is 6.66. The number of hydrogen-bond acceptors (Lipinski definition) is 1. The van der Waals surface area contributed by atoms with Crippen LogP contribution in [-0.2, 0) is 0 Å². The van der Waals surface area contributed by atoms with Gasteiger partial charge in [-0.25, -0.2) is 0 Å². The summed E-state index contributed by atoms with van der Waals surface area (Å²) in [6.07, 6.45) is 1.48. The van der Waals surface area contributed by atoms with Gasteiger partial charge in [0.25, 0.3) is 0 Å². The maximum atomic E-state index is 5.61. The van der Waals surface area contributed by atoms with Crippen molar-refractivity contribution in [3.63, 3.8) is 0 Å². The molecule has 1 rings (SSSR count). The Bertz CT molecular complexity index is 203. The molecule has 0 bridgehead atoms. The molecule has 0 aliphatic rings. The molecular weight excluding hydrogens is 122 g/mol. The van der Waals surface area contributed by atoms with Crippen LogP contribution in [0.15, 0.2) is 36.4 Å². The summed E-state index contributed by atoms with van der Waals surface area (Å²) in [5.74, 6) is 0. The fraction of sp³-hybridized carbons (Fsp3) is 0.111. The Hall–Kier alpha value is -1.08. The Labute approximate surface area is 61.2 Å². The fourth-order valence-electron chi connectivity index (χ4n) is 0.786. The lowest BCUT2D eigenvalue weighted by molar-refractivity contribution is 0.913. The minimum atomic E-state index is -0.138. The summed E-state index contributed by atoms with van der Waals surface area (Å²) in [5, 5.41) is 0. The van der Waals surface area contributed by atoms with E-state index in [9.17, 15) is 0 Å². The lowest BCUT2D eigenvalue weighted by atomic mass is 10.1. The molecule has 0 aliphatic heterocycles. The first-order valence-electron chi connectivity index (χ1n) is 3.20. The predicted octanol–water partition coefficient (Wildman–Crippen LogP) is 1.68. The maximum Gasteiger partial charge on any atom is 0.0484 e. The molecule has 0 heterocycles. The number of rotatable bonds is 2. The molecule has 1 heteroatoms. The minimum absolute atomic E-state index is 0.138. The van der Waals surface area contributed by atoms with E-state index in [-0.39, 0.29) is 6.04 Å². The van der Waals surface area contributed by atoms with Crippen molar-refractivity contribution in [1.82, 2.24) is 0 Å². The zero-order chi connectivity index (χ0) is 7.40. The van der Waals surface area contributed by atoms with Gasteiger partial charge in [-0.05, 0) is 5.56 Å². The molecule has 0 saturated carbocycles.